The molecule has 2 heterocycles. The third-order valence-electron chi connectivity index (χ3n) is 4.69. The van der Waals surface area contributed by atoms with Crippen molar-refractivity contribution in [1.29, 1.82) is 0 Å². The van der Waals surface area contributed by atoms with Crippen molar-refractivity contribution in [1.82, 2.24) is 10.2 Å². The molecular formula is C17H26N2O2. The Morgan fingerprint density at radius 2 is 2.10 bits per heavy atom. The highest BCUT2D eigenvalue weighted by atomic mass is 16.5. The van der Waals surface area contributed by atoms with E-state index in [-0.39, 0.29) is 18.1 Å². The molecule has 4 nitrogen and oxygen atoms in total. The molecule has 1 atom stereocenters. The van der Waals surface area contributed by atoms with Gasteiger partial charge in [0.15, 0.2) is 0 Å². The molecule has 1 aromatic rings. The third-order valence-corrected chi connectivity index (χ3v) is 4.69. The van der Waals surface area contributed by atoms with Crippen LogP contribution in [0.4, 0.5) is 0 Å². The first-order valence-corrected chi connectivity index (χ1v) is 7.93. The van der Waals surface area contributed by atoms with E-state index in [1.807, 2.05) is 0 Å². The van der Waals surface area contributed by atoms with Crippen LogP contribution in [0, 0.1) is 5.41 Å². The van der Waals surface area contributed by atoms with Crippen molar-refractivity contribution in [2.75, 3.05) is 39.4 Å². The van der Waals surface area contributed by atoms with Crippen LogP contribution in [0.15, 0.2) is 18.2 Å². The number of aliphatic hydroxyl groups is 1. The first-order chi connectivity index (χ1) is 10.1. The molecule has 1 aromatic carbocycles. The summed E-state index contributed by atoms with van der Waals surface area (Å²) in [5.41, 5.74) is 2.45. The second kappa shape index (κ2) is 5.95. The lowest BCUT2D eigenvalue weighted by Crippen LogP contribution is -2.49. The Labute approximate surface area is 127 Å². The van der Waals surface area contributed by atoms with Gasteiger partial charge in [-0.1, -0.05) is 26.0 Å². The van der Waals surface area contributed by atoms with E-state index >= 15 is 0 Å². The largest absolute Gasteiger partial charge is 0.493 e. The van der Waals surface area contributed by atoms with Gasteiger partial charge in [0.25, 0.3) is 0 Å². The highest BCUT2D eigenvalue weighted by Crippen LogP contribution is 2.40. The molecule has 0 spiro atoms. The van der Waals surface area contributed by atoms with Crippen LogP contribution in [0.3, 0.4) is 0 Å². The van der Waals surface area contributed by atoms with E-state index in [0.29, 0.717) is 0 Å². The van der Waals surface area contributed by atoms with Gasteiger partial charge in [-0.3, -0.25) is 4.90 Å². The fourth-order valence-corrected chi connectivity index (χ4v) is 3.56. The molecule has 0 radical (unpaired) electrons. The Morgan fingerprint density at radius 3 is 2.81 bits per heavy atom. The summed E-state index contributed by atoms with van der Waals surface area (Å²) in [4.78, 5) is 2.50. The topological polar surface area (TPSA) is 44.7 Å². The van der Waals surface area contributed by atoms with Gasteiger partial charge in [0.1, 0.15) is 5.75 Å². The summed E-state index contributed by atoms with van der Waals surface area (Å²) in [5, 5.41) is 13.3. The number of hydrogen-bond donors (Lipinski definition) is 2. The molecule has 116 valence electrons. The highest BCUT2D eigenvalue weighted by molar-refractivity contribution is 5.41. The number of piperazine rings is 1. The van der Waals surface area contributed by atoms with Crippen LogP contribution < -0.4 is 10.1 Å². The van der Waals surface area contributed by atoms with E-state index in [9.17, 15) is 5.11 Å². The first-order valence-electron chi connectivity index (χ1n) is 7.93. The smallest absolute Gasteiger partial charge is 0.122 e. The summed E-state index contributed by atoms with van der Waals surface area (Å²) in [5.74, 6) is 1.03. The number of benzene rings is 1. The van der Waals surface area contributed by atoms with Crippen LogP contribution in [0.25, 0.3) is 0 Å². The van der Waals surface area contributed by atoms with Gasteiger partial charge in [0.2, 0.25) is 0 Å². The zero-order valence-corrected chi connectivity index (χ0v) is 13.1. The minimum Gasteiger partial charge on any atom is -0.493 e. The second-order valence-corrected chi connectivity index (χ2v) is 6.80. The van der Waals surface area contributed by atoms with Gasteiger partial charge in [-0.2, -0.15) is 0 Å². The Morgan fingerprint density at radius 1 is 1.33 bits per heavy atom. The zero-order valence-electron chi connectivity index (χ0n) is 13.1. The molecular weight excluding hydrogens is 264 g/mol. The number of nitrogens with one attached hydrogen (secondary N) is 1. The highest BCUT2D eigenvalue weighted by Gasteiger charge is 2.36. The van der Waals surface area contributed by atoms with Crippen LogP contribution in [0.2, 0.25) is 0 Å². The van der Waals surface area contributed by atoms with Crippen molar-refractivity contribution in [3.63, 3.8) is 0 Å². The Kier molecular flexibility index (Phi) is 4.20. The van der Waals surface area contributed by atoms with Crippen LogP contribution in [-0.2, 0) is 6.42 Å². The standard InChI is InChI=1S/C17H26N2O2/c1-17(2,12-20)16(19-8-6-18-7-9-19)14-3-4-15-13(11-14)5-10-21-15/h3-4,11,16,18,20H,5-10,12H2,1-2H3/t16-/m0/s1. The molecule has 0 bridgehead atoms. The predicted molar refractivity (Wildman–Crippen MR) is 83.7 cm³/mol. The lowest BCUT2D eigenvalue weighted by molar-refractivity contribution is 0.0305. The van der Waals surface area contributed by atoms with E-state index in [4.69, 9.17) is 4.74 Å². The maximum absolute atomic E-state index is 9.88. The van der Waals surface area contributed by atoms with E-state index in [1.54, 1.807) is 0 Å². The van der Waals surface area contributed by atoms with Crippen LogP contribution in [0.5, 0.6) is 5.75 Å². The molecule has 2 aliphatic heterocycles. The molecule has 0 amide bonds. The van der Waals surface area contributed by atoms with E-state index in [2.05, 4.69) is 42.3 Å². The van der Waals surface area contributed by atoms with Gasteiger partial charge in [-0.05, 0) is 17.2 Å². The van der Waals surface area contributed by atoms with Crippen LogP contribution in [0.1, 0.15) is 31.0 Å². The molecule has 3 rings (SSSR count). The minimum absolute atomic E-state index is 0.162. The average Bonchev–Trinajstić information content (AvgIpc) is 2.96. The fraction of sp³-hybridized carbons (Fsp3) is 0.647. The normalized spacial score (nSPS) is 20.9. The average molecular weight is 290 g/mol. The third kappa shape index (κ3) is 2.93. The van der Waals surface area contributed by atoms with E-state index < -0.39 is 0 Å². The predicted octanol–water partition coefficient (Wildman–Crippen LogP) is 1.59. The van der Waals surface area contributed by atoms with Crippen LogP contribution >= 0.6 is 0 Å². The lowest BCUT2D eigenvalue weighted by atomic mass is 9.79. The molecule has 4 heteroatoms. The minimum atomic E-state index is -0.162. The Bertz CT molecular complexity index is 496. The number of aliphatic hydroxyl groups excluding tert-OH is 1. The fourth-order valence-electron chi connectivity index (χ4n) is 3.56. The number of fused-ring (bicyclic) bond motifs is 1. The van der Waals surface area contributed by atoms with Crippen molar-refractivity contribution in [3.05, 3.63) is 29.3 Å². The molecule has 2 N–H and O–H groups in total. The summed E-state index contributed by atoms with van der Waals surface area (Å²) in [6, 6.07) is 6.80. The number of ether oxygens (including phenoxy) is 1. The van der Waals surface area contributed by atoms with Gasteiger partial charge >= 0.3 is 0 Å². The monoisotopic (exact) mass is 290 g/mol. The number of nitrogens with zero attached hydrogens (tertiary/aromatic N) is 1. The molecule has 1 saturated heterocycles. The van der Waals surface area contributed by atoms with Gasteiger partial charge in [0, 0.05) is 50.7 Å². The van der Waals surface area contributed by atoms with Crippen molar-refractivity contribution < 1.29 is 9.84 Å². The van der Waals surface area contributed by atoms with Gasteiger partial charge in [-0.15, -0.1) is 0 Å². The van der Waals surface area contributed by atoms with Gasteiger partial charge < -0.3 is 15.2 Å². The molecule has 0 aromatic heterocycles. The maximum atomic E-state index is 9.88. The SMILES string of the molecule is CC(C)(CO)[C@H](c1ccc2c(c1)CCO2)N1CCNCC1. The summed E-state index contributed by atoms with van der Waals surface area (Å²) in [6.45, 7) is 9.39. The Balaban J connectivity index is 1.94. The molecule has 21 heavy (non-hydrogen) atoms. The van der Waals surface area contributed by atoms with Crippen molar-refractivity contribution >= 4 is 0 Å². The molecule has 0 unspecified atom stereocenters. The summed E-state index contributed by atoms with van der Waals surface area (Å²) < 4.78 is 5.62. The maximum Gasteiger partial charge on any atom is 0.122 e. The quantitative estimate of drug-likeness (QED) is 0.884. The van der Waals surface area contributed by atoms with Gasteiger partial charge in [-0.25, -0.2) is 0 Å². The van der Waals surface area contributed by atoms with Crippen molar-refractivity contribution in [2.45, 2.75) is 26.3 Å². The first kappa shape index (κ1) is 14.8. The second-order valence-electron chi connectivity index (χ2n) is 6.80. The molecule has 0 saturated carbocycles. The number of hydrogen-bond acceptors (Lipinski definition) is 4. The van der Waals surface area contributed by atoms with Crippen molar-refractivity contribution in [2.24, 2.45) is 5.41 Å². The molecule has 1 fully saturated rings. The molecule has 2 aliphatic rings. The van der Waals surface area contributed by atoms with Gasteiger partial charge in [0.05, 0.1) is 6.61 Å². The molecule has 0 aliphatic carbocycles. The summed E-state index contributed by atoms with van der Waals surface area (Å²) in [7, 11) is 0. The van der Waals surface area contributed by atoms with E-state index in [1.165, 1.54) is 11.1 Å². The summed E-state index contributed by atoms with van der Waals surface area (Å²) >= 11 is 0. The lowest BCUT2D eigenvalue weighted by Gasteiger charge is -2.43. The van der Waals surface area contributed by atoms with Crippen molar-refractivity contribution in [3.8, 4) is 5.75 Å². The zero-order chi connectivity index (χ0) is 14.9. The van der Waals surface area contributed by atoms with E-state index in [0.717, 1.165) is 45.0 Å². The number of rotatable bonds is 4. The summed E-state index contributed by atoms with van der Waals surface area (Å²) in [6.07, 6.45) is 0.997. The van der Waals surface area contributed by atoms with Crippen LogP contribution in [-0.4, -0.2) is 49.4 Å². The Hall–Kier alpha value is -1.10.